The molecule has 0 aliphatic heterocycles. The summed E-state index contributed by atoms with van der Waals surface area (Å²) in [7, 11) is 1.43. The molecule has 1 rings (SSSR count). The highest BCUT2D eigenvalue weighted by molar-refractivity contribution is 5.92. The van der Waals surface area contributed by atoms with Crippen LogP contribution in [0.3, 0.4) is 0 Å². The largest absolute Gasteiger partial charge is 0.493 e. The van der Waals surface area contributed by atoms with Gasteiger partial charge in [-0.25, -0.2) is 4.79 Å². The molecule has 6 nitrogen and oxygen atoms in total. The van der Waals surface area contributed by atoms with E-state index in [9.17, 15) is 9.59 Å². The summed E-state index contributed by atoms with van der Waals surface area (Å²) >= 11 is 0. The minimum atomic E-state index is -1.10. The Morgan fingerprint density at radius 2 is 2.11 bits per heavy atom. The van der Waals surface area contributed by atoms with Crippen molar-refractivity contribution < 1.29 is 24.2 Å². The van der Waals surface area contributed by atoms with Gasteiger partial charge in [0.05, 0.1) is 20.1 Å². The highest BCUT2D eigenvalue weighted by atomic mass is 16.5. The van der Waals surface area contributed by atoms with E-state index in [4.69, 9.17) is 14.6 Å². The van der Waals surface area contributed by atoms with Crippen LogP contribution in [0.5, 0.6) is 11.5 Å². The third kappa shape index (κ3) is 4.17. The van der Waals surface area contributed by atoms with Crippen LogP contribution < -0.4 is 14.8 Å². The van der Waals surface area contributed by atoms with Gasteiger partial charge in [-0.1, -0.05) is 6.07 Å². The van der Waals surface area contributed by atoms with Gasteiger partial charge in [0, 0.05) is 6.54 Å². The molecule has 6 heteroatoms. The molecule has 104 valence electrons. The fraction of sp³-hybridized carbons (Fsp3) is 0.385. The maximum Gasteiger partial charge on any atom is 0.339 e. The van der Waals surface area contributed by atoms with Crippen molar-refractivity contribution in [2.24, 2.45) is 0 Å². The number of aromatic carboxylic acids is 1. The van der Waals surface area contributed by atoms with Gasteiger partial charge < -0.3 is 19.9 Å². The normalized spacial score (nSPS) is 9.79. The number of carbonyl (C=O) groups is 2. The molecule has 1 amide bonds. The Morgan fingerprint density at radius 3 is 2.68 bits per heavy atom. The van der Waals surface area contributed by atoms with E-state index in [1.54, 1.807) is 12.1 Å². The molecule has 0 radical (unpaired) electrons. The van der Waals surface area contributed by atoms with E-state index in [1.807, 2.05) is 6.92 Å². The van der Waals surface area contributed by atoms with Crippen LogP contribution in [0.4, 0.5) is 0 Å². The van der Waals surface area contributed by atoms with Crippen molar-refractivity contribution in [3.63, 3.8) is 0 Å². The highest BCUT2D eigenvalue weighted by Crippen LogP contribution is 2.31. The lowest BCUT2D eigenvalue weighted by Crippen LogP contribution is -2.24. The molecule has 0 aromatic heterocycles. The minimum Gasteiger partial charge on any atom is -0.493 e. The summed E-state index contributed by atoms with van der Waals surface area (Å²) in [4.78, 5) is 22.3. The van der Waals surface area contributed by atoms with Crippen LogP contribution in [-0.4, -0.2) is 37.2 Å². The molecular weight excluding hydrogens is 250 g/mol. The average molecular weight is 267 g/mol. The SMILES string of the molecule is CCNC(=O)CCOc1c(OC)cccc1C(=O)O. The van der Waals surface area contributed by atoms with Crippen molar-refractivity contribution in [1.29, 1.82) is 0 Å². The summed E-state index contributed by atoms with van der Waals surface area (Å²) in [5.41, 5.74) is 0.00949. The van der Waals surface area contributed by atoms with Crippen LogP contribution in [0.25, 0.3) is 0 Å². The van der Waals surface area contributed by atoms with Crippen molar-refractivity contribution >= 4 is 11.9 Å². The zero-order valence-electron chi connectivity index (χ0n) is 10.9. The third-order valence-electron chi connectivity index (χ3n) is 2.38. The summed E-state index contributed by atoms with van der Waals surface area (Å²) in [5, 5.41) is 11.7. The highest BCUT2D eigenvalue weighted by Gasteiger charge is 2.16. The second-order valence-electron chi connectivity index (χ2n) is 3.69. The average Bonchev–Trinajstić information content (AvgIpc) is 2.38. The molecule has 1 aromatic rings. The van der Waals surface area contributed by atoms with Gasteiger partial charge in [-0.3, -0.25) is 4.79 Å². The summed E-state index contributed by atoms with van der Waals surface area (Å²) in [6, 6.07) is 4.60. The summed E-state index contributed by atoms with van der Waals surface area (Å²) in [6.45, 7) is 2.46. The maximum absolute atomic E-state index is 11.3. The van der Waals surface area contributed by atoms with Gasteiger partial charge in [0.2, 0.25) is 5.91 Å². The third-order valence-corrected chi connectivity index (χ3v) is 2.38. The van der Waals surface area contributed by atoms with E-state index in [0.717, 1.165) is 0 Å². The fourth-order valence-electron chi connectivity index (χ4n) is 1.53. The van der Waals surface area contributed by atoms with E-state index >= 15 is 0 Å². The van der Waals surface area contributed by atoms with E-state index in [2.05, 4.69) is 5.32 Å². The van der Waals surface area contributed by atoms with Gasteiger partial charge in [-0.15, -0.1) is 0 Å². The summed E-state index contributed by atoms with van der Waals surface area (Å²) < 4.78 is 10.4. The Morgan fingerprint density at radius 1 is 1.37 bits per heavy atom. The first-order valence-corrected chi connectivity index (χ1v) is 5.90. The molecule has 0 heterocycles. The Kier molecular flexibility index (Phi) is 5.66. The van der Waals surface area contributed by atoms with Crippen molar-refractivity contribution in [3.05, 3.63) is 23.8 Å². The number of carboxylic acid groups (broad SMARTS) is 1. The molecule has 2 N–H and O–H groups in total. The number of nitrogens with one attached hydrogen (secondary N) is 1. The zero-order chi connectivity index (χ0) is 14.3. The first-order chi connectivity index (χ1) is 9.10. The van der Waals surface area contributed by atoms with Crippen molar-refractivity contribution in [2.75, 3.05) is 20.3 Å². The number of rotatable bonds is 7. The lowest BCUT2D eigenvalue weighted by Gasteiger charge is -2.12. The lowest BCUT2D eigenvalue weighted by atomic mass is 10.2. The van der Waals surface area contributed by atoms with E-state index in [1.165, 1.54) is 13.2 Å². The smallest absolute Gasteiger partial charge is 0.339 e. The molecule has 0 saturated carbocycles. The molecule has 0 bridgehead atoms. The molecule has 0 spiro atoms. The van der Waals surface area contributed by atoms with E-state index in [0.29, 0.717) is 12.3 Å². The number of methoxy groups -OCH3 is 1. The minimum absolute atomic E-state index is 0.00949. The number of para-hydroxylation sites is 1. The molecule has 0 aliphatic carbocycles. The second kappa shape index (κ2) is 7.25. The van der Waals surface area contributed by atoms with Crippen LogP contribution in [0.1, 0.15) is 23.7 Å². The first kappa shape index (κ1) is 14.8. The number of amides is 1. The number of hydrogen-bond donors (Lipinski definition) is 2. The molecule has 0 saturated heterocycles. The quantitative estimate of drug-likeness (QED) is 0.777. The van der Waals surface area contributed by atoms with E-state index < -0.39 is 5.97 Å². The Balaban J connectivity index is 2.75. The van der Waals surface area contributed by atoms with Crippen molar-refractivity contribution in [1.82, 2.24) is 5.32 Å². The fourth-order valence-corrected chi connectivity index (χ4v) is 1.53. The topological polar surface area (TPSA) is 84.9 Å². The van der Waals surface area contributed by atoms with Crippen LogP contribution in [0.2, 0.25) is 0 Å². The van der Waals surface area contributed by atoms with Crippen LogP contribution >= 0.6 is 0 Å². The van der Waals surface area contributed by atoms with Crippen molar-refractivity contribution in [3.8, 4) is 11.5 Å². The van der Waals surface area contributed by atoms with Crippen molar-refractivity contribution in [2.45, 2.75) is 13.3 Å². The molecule has 1 aromatic carbocycles. The number of carbonyl (C=O) groups excluding carboxylic acids is 1. The zero-order valence-corrected chi connectivity index (χ0v) is 10.9. The molecular formula is C13H17NO5. The van der Waals surface area contributed by atoms with Gasteiger partial charge in [-0.2, -0.15) is 0 Å². The molecule has 0 atom stereocenters. The van der Waals surface area contributed by atoms with Crippen LogP contribution in [0, 0.1) is 0 Å². The van der Waals surface area contributed by atoms with Gasteiger partial charge in [0.15, 0.2) is 11.5 Å². The van der Waals surface area contributed by atoms with Crippen LogP contribution in [0.15, 0.2) is 18.2 Å². The Labute approximate surface area is 111 Å². The maximum atomic E-state index is 11.3. The number of carboxylic acids is 1. The lowest BCUT2D eigenvalue weighted by molar-refractivity contribution is -0.121. The van der Waals surface area contributed by atoms with Gasteiger partial charge in [-0.05, 0) is 19.1 Å². The second-order valence-corrected chi connectivity index (χ2v) is 3.69. The van der Waals surface area contributed by atoms with E-state index in [-0.39, 0.29) is 30.2 Å². The number of ether oxygens (including phenoxy) is 2. The number of hydrogen-bond acceptors (Lipinski definition) is 4. The summed E-state index contributed by atoms with van der Waals surface area (Å²) in [5.74, 6) is -0.779. The first-order valence-electron chi connectivity index (χ1n) is 5.90. The Hall–Kier alpha value is -2.24. The standard InChI is InChI=1S/C13H17NO5/c1-3-14-11(15)7-8-19-12-9(13(16)17)5-4-6-10(12)18-2/h4-6H,3,7-8H2,1-2H3,(H,14,15)(H,16,17). The predicted octanol–water partition coefficient (Wildman–Crippen LogP) is 1.30. The predicted molar refractivity (Wildman–Crippen MR) is 68.7 cm³/mol. The monoisotopic (exact) mass is 267 g/mol. The summed E-state index contributed by atoms with van der Waals surface area (Å²) in [6.07, 6.45) is 0.158. The molecule has 0 aliphatic rings. The molecule has 0 fully saturated rings. The van der Waals surface area contributed by atoms with Gasteiger partial charge >= 0.3 is 5.97 Å². The number of benzene rings is 1. The molecule has 19 heavy (non-hydrogen) atoms. The molecule has 0 unspecified atom stereocenters. The Bertz CT molecular complexity index is 458. The van der Waals surface area contributed by atoms with Crippen LogP contribution in [-0.2, 0) is 4.79 Å². The van der Waals surface area contributed by atoms with Gasteiger partial charge in [0.25, 0.3) is 0 Å². The van der Waals surface area contributed by atoms with Gasteiger partial charge in [0.1, 0.15) is 5.56 Å².